The second kappa shape index (κ2) is 8.63. The summed E-state index contributed by atoms with van der Waals surface area (Å²) in [6.07, 6.45) is 5.10. The highest BCUT2D eigenvalue weighted by Gasteiger charge is 2.34. The van der Waals surface area contributed by atoms with E-state index < -0.39 is 0 Å². The average molecular weight is 380 g/mol. The van der Waals surface area contributed by atoms with E-state index in [9.17, 15) is 9.59 Å². The van der Waals surface area contributed by atoms with Crippen LogP contribution in [0.3, 0.4) is 0 Å². The Kier molecular flexibility index (Phi) is 6.95. The summed E-state index contributed by atoms with van der Waals surface area (Å²) in [4.78, 5) is 29.4. The van der Waals surface area contributed by atoms with Crippen molar-refractivity contribution in [1.29, 1.82) is 0 Å². The molecule has 2 rings (SSSR count). The lowest BCUT2D eigenvalue weighted by atomic mass is 9.75. The molecule has 0 radical (unpaired) electrons. The van der Waals surface area contributed by atoms with Gasteiger partial charge in [0.25, 0.3) is 0 Å². The molecule has 1 fully saturated rings. The second-order valence-electron chi connectivity index (χ2n) is 9.08. The van der Waals surface area contributed by atoms with Gasteiger partial charge in [0.1, 0.15) is 0 Å². The zero-order chi connectivity index (χ0) is 20.2. The molecule has 0 unspecified atom stereocenters. The number of nitrogens with zero attached hydrogens (tertiary/aromatic N) is 3. The lowest BCUT2D eigenvalue weighted by Crippen LogP contribution is -2.55. The first-order chi connectivity index (χ1) is 12.6. The van der Waals surface area contributed by atoms with E-state index in [1.807, 2.05) is 4.90 Å². The molecule has 0 N–H and O–H groups in total. The van der Waals surface area contributed by atoms with Crippen molar-refractivity contribution in [2.24, 2.45) is 5.41 Å². The average Bonchev–Trinajstić information content (AvgIpc) is 2.66. The van der Waals surface area contributed by atoms with E-state index in [2.05, 4.69) is 38.7 Å². The molecule has 2 amide bonds. The van der Waals surface area contributed by atoms with Gasteiger partial charge in [0.05, 0.1) is 7.11 Å². The van der Waals surface area contributed by atoms with E-state index in [4.69, 9.17) is 4.74 Å². The van der Waals surface area contributed by atoms with Crippen molar-refractivity contribution in [1.82, 2.24) is 14.7 Å². The minimum absolute atomic E-state index is 0.118. The molecular formula is C21H37N3O3. The largest absolute Gasteiger partial charge is 0.453 e. The maximum absolute atomic E-state index is 11.7. The van der Waals surface area contributed by atoms with Crippen LogP contribution in [0.5, 0.6) is 0 Å². The van der Waals surface area contributed by atoms with E-state index in [-0.39, 0.29) is 23.0 Å². The summed E-state index contributed by atoms with van der Waals surface area (Å²) in [6, 6.07) is 0. The molecule has 0 spiro atoms. The van der Waals surface area contributed by atoms with Crippen LogP contribution in [0.2, 0.25) is 0 Å². The van der Waals surface area contributed by atoms with Crippen LogP contribution in [0.4, 0.5) is 4.79 Å². The molecule has 0 aliphatic carbocycles. The molecule has 0 saturated carbocycles. The molecule has 0 bridgehead atoms. The van der Waals surface area contributed by atoms with Gasteiger partial charge >= 0.3 is 6.09 Å². The van der Waals surface area contributed by atoms with Crippen LogP contribution in [-0.4, -0.2) is 78.6 Å². The SMILES string of the molecule is COC(=O)N1CC=C(C(C)(C)CCC(C)(C)N2CCN(C(C)=O)CC2)CC1. The van der Waals surface area contributed by atoms with Crippen molar-refractivity contribution in [2.75, 3.05) is 46.4 Å². The zero-order valence-corrected chi connectivity index (χ0v) is 18.0. The molecule has 2 aliphatic rings. The molecule has 2 heterocycles. The third-order valence-electron chi connectivity index (χ3n) is 6.45. The fraction of sp³-hybridized carbons (Fsp3) is 0.810. The first-order valence-electron chi connectivity index (χ1n) is 10.1. The Hall–Kier alpha value is -1.56. The number of amides is 2. The molecule has 27 heavy (non-hydrogen) atoms. The molecule has 0 atom stereocenters. The van der Waals surface area contributed by atoms with Crippen LogP contribution in [-0.2, 0) is 9.53 Å². The van der Waals surface area contributed by atoms with Crippen LogP contribution in [0.15, 0.2) is 11.6 Å². The lowest BCUT2D eigenvalue weighted by molar-refractivity contribution is -0.131. The summed E-state index contributed by atoms with van der Waals surface area (Å²) in [7, 11) is 1.43. The van der Waals surface area contributed by atoms with Crippen LogP contribution in [0.1, 0.15) is 53.9 Å². The highest BCUT2D eigenvalue weighted by Crippen LogP contribution is 2.38. The van der Waals surface area contributed by atoms with Gasteiger partial charge < -0.3 is 14.5 Å². The highest BCUT2D eigenvalue weighted by molar-refractivity contribution is 5.73. The summed E-state index contributed by atoms with van der Waals surface area (Å²) in [5.41, 5.74) is 1.69. The van der Waals surface area contributed by atoms with Crippen molar-refractivity contribution in [2.45, 2.75) is 59.4 Å². The lowest BCUT2D eigenvalue weighted by Gasteiger charge is -2.45. The summed E-state index contributed by atoms with van der Waals surface area (Å²) in [6.45, 7) is 15.9. The third kappa shape index (κ3) is 5.47. The molecule has 0 aromatic heterocycles. The predicted octanol–water partition coefficient (Wildman–Crippen LogP) is 3.13. The fourth-order valence-corrected chi connectivity index (χ4v) is 4.14. The summed E-state index contributed by atoms with van der Waals surface area (Å²) >= 11 is 0. The maximum atomic E-state index is 11.7. The topological polar surface area (TPSA) is 53.1 Å². The van der Waals surface area contributed by atoms with E-state index >= 15 is 0 Å². The van der Waals surface area contributed by atoms with Crippen molar-refractivity contribution < 1.29 is 14.3 Å². The number of hydrogen-bond donors (Lipinski definition) is 0. The maximum Gasteiger partial charge on any atom is 0.409 e. The Balaban J connectivity index is 1.89. The molecule has 0 aromatic rings. The van der Waals surface area contributed by atoms with Crippen LogP contribution in [0, 0.1) is 5.41 Å². The monoisotopic (exact) mass is 379 g/mol. The van der Waals surface area contributed by atoms with Gasteiger partial charge in [-0.3, -0.25) is 9.69 Å². The normalized spacial score (nSPS) is 19.7. The number of ether oxygens (including phenoxy) is 1. The third-order valence-corrected chi connectivity index (χ3v) is 6.45. The van der Waals surface area contributed by atoms with E-state index in [0.717, 1.165) is 52.0 Å². The summed E-state index contributed by atoms with van der Waals surface area (Å²) in [5, 5.41) is 0. The van der Waals surface area contributed by atoms with Gasteiger partial charge in [0.15, 0.2) is 0 Å². The predicted molar refractivity (Wildman–Crippen MR) is 108 cm³/mol. The smallest absolute Gasteiger partial charge is 0.409 e. The van der Waals surface area contributed by atoms with Crippen LogP contribution >= 0.6 is 0 Å². The fourth-order valence-electron chi connectivity index (χ4n) is 4.14. The first kappa shape index (κ1) is 21.7. The summed E-state index contributed by atoms with van der Waals surface area (Å²) < 4.78 is 4.82. The van der Waals surface area contributed by atoms with Crippen LogP contribution < -0.4 is 0 Å². The Bertz CT molecular complexity index is 575. The van der Waals surface area contributed by atoms with Gasteiger partial charge in [0, 0.05) is 51.7 Å². The first-order valence-corrected chi connectivity index (χ1v) is 10.1. The Morgan fingerprint density at radius 2 is 1.63 bits per heavy atom. The molecule has 6 nitrogen and oxygen atoms in total. The van der Waals surface area contributed by atoms with Crippen molar-refractivity contribution in [3.05, 3.63) is 11.6 Å². The minimum atomic E-state index is -0.242. The standard InChI is InChI=1S/C21H37N3O3/c1-17(25)22-13-15-24(16-14-22)21(4,5)10-9-20(2,3)18-7-11-23(12-8-18)19(26)27-6/h7H,8-16H2,1-6H3. The zero-order valence-electron chi connectivity index (χ0n) is 18.0. The van der Waals surface area contributed by atoms with Crippen LogP contribution in [0.25, 0.3) is 0 Å². The van der Waals surface area contributed by atoms with E-state index in [1.165, 1.54) is 12.7 Å². The molecular weight excluding hydrogens is 342 g/mol. The molecule has 2 aliphatic heterocycles. The number of piperazine rings is 1. The minimum Gasteiger partial charge on any atom is -0.453 e. The van der Waals surface area contributed by atoms with Gasteiger partial charge in [0.2, 0.25) is 5.91 Å². The number of carbonyl (C=O) groups is 2. The molecule has 6 heteroatoms. The van der Waals surface area contributed by atoms with Crippen molar-refractivity contribution in [3.8, 4) is 0 Å². The quantitative estimate of drug-likeness (QED) is 0.689. The molecule has 0 aromatic carbocycles. The van der Waals surface area contributed by atoms with Gasteiger partial charge in [-0.1, -0.05) is 25.5 Å². The second-order valence-corrected chi connectivity index (χ2v) is 9.08. The van der Waals surface area contributed by atoms with Gasteiger partial charge in [-0.15, -0.1) is 0 Å². The Morgan fingerprint density at radius 3 is 2.11 bits per heavy atom. The van der Waals surface area contributed by atoms with Gasteiger partial charge in [-0.05, 0) is 38.5 Å². The number of rotatable bonds is 5. The Morgan fingerprint density at radius 1 is 1.00 bits per heavy atom. The highest BCUT2D eigenvalue weighted by atomic mass is 16.5. The molecule has 1 saturated heterocycles. The van der Waals surface area contributed by atoms with Gasteiger partial charge in [-0.2, -0.15) is 0 Å². The number of carbonyl (C=O) groups excluding carboxylic acids is 2. The molecule has 154 valence electrons. The van der Waals surface area contributed by atoms with Crippen molar-refractivity contribution in [3.63, 3.8) is 0 Å². The van der Waals surface area contributed by atoms with Gasteiger partial charge in [-0.25, -0.2) is 4.79 Å². The Labute approximate surface area is 164 Å². The summed E-state index contributed by atoms with van der Waals surface area (Å²) in [5.74, 6) is 0.179. The number of methoxy groups -OCH3 is 1. The van der Waals surface area contributed by atoms with E-state index in [0.29, 0.717) is 6.54 Å². The van der Waals surface area contributed by atoms with Crippen molar-refractivity contribution >= 4 is 12.0 Å². The number of hydrogen-bond acceptors (Lipinski definition) is 4. The van der Waals surface area contributed by atoms with E-state index in [1.54, 1.807) is 11.8 Å².